The lowest BCUT2D eigenvalue weighted by molar-refractivity contribution is -0.146. The fraction of sp³-hybridized carbons (Fsp3) is 0.481. The molecule has 0 bridgehead atoms. The second-order valence-electron chi connectivity index (χ2n) is 9.61. The fourth-order valence-corrected chi connectivity index (χ4v) is 4.60. The molecule has 0 radical (unpaired) electrons. The zero-order valence-electron chi connectivity index (χ0n) is 22.4. The lowest BCUT2D eigenvalue weighted by atomic mass is 10.1. The molecule has 0 saturated carbocycles. The molecule has 11 heteroatoms. The molecule has 1 atom stereocenters. The van der Waals surface area contributed by atoms with Crippen molar-refractivity contribution in [2.75, 3.05) is 19.8 Å². The van der Waals surface area contributed by atoms with Crippen LogP contribution < -0.4 is 10.1 Å². The Morgan fingerprint density at radius 2 is 1.71 bits per heavy atom. The van der Waals surface area contributed by atoms with Crippen LogP contribution in [0.3, 0.4) is 0 Å². The van der Waals surface area contributed by atoms with Gasteiger partial charge in [0.1, 0.15) is 30.6 Å². The fourth-order valence-electron chi connectivity index (χ4n) is 3.15. The SMILES string of the molecule is CCCCOC(=O)C(Cc1cc(OCCOS(=O)(=O)c2ccc(C)cc2)ccc1I)NC(=O)OC(C)(C)C. The number of rotatable bonds is 13. The van der Waals surface area contributed by atoms with E-state index >= 15 is 0 Å². The number of hydrogen-bond donors (Lipinski definition) is 1. The highest BCUT2D eigenvalue weighted by atomic mass is 127. The molecule has 9 nitrogen and oxygen atoms in total. The summed E-state index contributed by atoms with van der Waals surface area (Å²) >= 11 is 2.13. The van der Waals surface area contributed by atoms with Crippen molar-refractivity contribution in [2.24, 2.45) is 0 Å². The molecule has 0 heterocycles. The van der Waals surface area contributed by atoms with Gasteiger partial charge in [-0.25, -0.2) is 9.59 Å². The third kappa shape index (κ3) is 11.2. The summed E-state index contributed by atoms with van der Waals surface area (Å²) in [4.78, 5) is 25.2. The molecule has 0 aromatic heterocycles. The lowest BCUT2D eigenvalue weighted by Crippen LogP contribution is -2.45. The van der Waals surface area contributed by atoms with Gasteiger partial charge in [0.15, 0.2) is 0 Å². The molecule has 0 fully saturated rings. The van der Waals surface area contributed by atoms with Gasteiger partial charge >= 0.3 is 12.1 Å². The van der Waals surface area contributed by atoms with Crippen molar-refractivity contribution >= 4 is 44.8 Å². The van der Waals surface area contributed by atoms with E-state index in [4.69, 9.17) is 18.4 Å². The van der Waals surface area contributed by atoms with Crippen molar-refractivity contribution in [3.05, 3.63) is 57.2 Å². The maximum absolute atomic E-state index is 12.8. The monoisotopic (exact) mass is 661 g/mol. The van der Waals surface area contributed by atoms with Crippen molar-refractivity contribution in [2.45, 2.75) is 70.4 Å². The predicted octanol–water partition coefficient (Wildman–Crippen LogP) is 5.16. The molecule has 210 valence electrons. The predicted molar refractivity (Wildman–Crippen MR) is 152 cm³/mol. The van der Waals surface area contributed by atoms with Crippen LogP contribution in [0, 0.1) is 10.5 Å². The second kappa shape index (κ2) is 14.7. The van der Waals surface area contributed by atoms with E-state index in [9.17, 15) is 18.0 Å². The number of ether oxygens (including phenoxy) is 3. The van der Waals surface area contributed by atoms with Crippen molar-refractivity contribution in [3.8, 4) is 5.75 Å². The van der Waals surface area contributed by atoms with Gasteiger partial charge in [-0.2, -0.15) is 8.42 Å². The van der Waals surface area contributed by atoms with Crippen molar-refractivity contribution < 1.29 is 36.4 Å². The first-order valence-electron chi connectivity index (χ1n) is 12.3. The zero-order valence-corrected chi connectivity index (χ0v) is 25.4. The van der Waals surface area contributed by atoms with E-state index in [0.29, 0.717) is 12.2 Å². The van der Waals surface area contributed by atoms with Crippen LogP contribution in [0.1, 0.15) is 51.7 Å². The number of halogens is 1. The molecular weight excluding hydrogens is 625 g/mol. The summed E-state index contributed by atoms with van der Waals surface area (Å²) in [5.74, 6) is -0.0896. The highest BCUT2D eigenvalue weighted by Crippen LogP contribution is 2.22. The molecule has 1 amide bonds. The topological polar surface area (TPSA) is 117 Å². The van der Waals surface area contributed by atoms with E-state index in [1.165, 1.54) is 12.1 Å². The van der Waals surface area contributed by atoms with Crippen LogP contribution in [-0.2, 0) is 35.0 Å². The van der Waals surface area contributed by atoms with Crippen LogP contribution >= 0.6 is 22.6 Å². The summed E-state index contributed by atoms with van der Waals surface area (Å²) in [6.07, 6.45) is 1.01. The molecule has 0 spiro atoms. The third-order valence-electron chi connectivity index (χ3n) is 5.06. The normalized spacial score (nSPS) is 12.5. The zero-order chi connectivity index (χ0) is 28.3. The van der Waals surface area contributed by atoms with Gasteiger partial charge in [-0.3, -0.25) is 4.18 Å². The van der Waals surface area contributed by atoms with Gasteiger partial charge in [-0.15, -0.1) is 0 Å². The summed E-state index contributed by atoms with van der Waals surface area (Å²) in [5, 5.41) is 2.62. The number of esters is 1. The number of amides is 1. The van der Waals surface area contributed by atoms with Crippen LogP contribution in [-0.4, -0.2) is 51.9 Å². The molecule has 0 saturated heterocycles. The molecule has 0 aliphatic rings. The Morgan fingerprint density at radius 1 is 1.03 bits per heavy atom. The van der Waals surface area contributed by atoms with Crippen LogP contribution in [0.2, 0.25) is 0 Å². The number of hydrogen-bond acceptors (Lipinski definition) is 8. The quantitative estimate of drug-likeness (QED) is 0.135. The van der Waals surface area contributed by atoms with Crippen LogP contribution in [0.15, 0.2) is 47.4 Å². The maximum atomic E-state index is 12.8. The van der Waals surface area contributed by atoms with Gasteiger partial charge in [0.05, 0.1) is 11.5 Å². The molecule has 2 rings (SSSR count). The maximum Gasteiger partial charge on any atom is 0.408 e. The number of unbranched alkanes of at least 4 members (excludes halogenated alkanes) is 1. The highest BCUT2D eigenvalue weighted by Gasteiger charge is 2.27. The van der Waals surface area contributed by atoms with E-state index in [-0.39, 0.29) is 31.1 Å². The van der Waals surface area contributed by atoms with Crippen LogP contribution in [0.25, 0.3) is 0 Å². The Bertz CT molecular complexity index is 1180. The average Bonchev–Trinajstić information content (AvgIpc) is 2.82. The number of nitrogens with one attached hydrogen (secondary N) is 1. The van der Waals surface area contributed by atoms with Crippen LogP contribution in [0.5, 0.6) is 5.75 Å². The first-order chi connectivity index (χ1) is 17.8. The molecule has 1 unspecified atom stereocenters. The minimum atomic E-state index is -3.89. The van der Waals surface area contributed by atoms with Gasteiger partial charge in [0, 0.05) is 9.99 Å². The van der Waals surface area contributed by atoms with Gasteiger partial charge in [-0.05, 0) is 92.6 Å². The number of alkyl carbamates (subject to hydrolysis) is 1. The first-order valence-corrected chi connectivity index (χ1v) is 14.8. The number of benzene rings is 2. The molecule has 2 aromatic rings. The Labute approximate surface area is 238 Å². The van der Waals surface area contributed by atoms with E-state index in [1.54, 1.807) is 45.0 Å². The minimum absolute atomic E-state index is 0.0101. The van der Waals surface area contributed by atoms with Crippen LogP contribution in [0.4, 0.5) is 4.79 Å². The van der Waals surface area contributed by atoms with Crippen molar-refractivity contribution in [1.29, 1.82) is 0 Å². The number of aryl methyl sites for hydroxylation is 1. The van der Waals surface area contributed by atoms with E-state index in [0.717, 1.165) is 21.1 Å². The molecule has 0 aliphatic heterocycles. The van der Waals surface area contributed by atoms with Crippen molar-refractivity contribution in [3.63, 3.8) is 0 Å². The van der Waals surface area contributed by atoms with Gasteiger partial charge in [-0.1, -0.05) is 31.0 Å². The van der Waals surface area contributed by atoms with Gasteiger partial charge in [0.2, 0.25) is 0 Å². The number of carbonyl (C=O) groups is 2. The number of carbonyl (C=O) groups excluding carboxylic acids is 2. The molecule has 0 aliphatic carbocycles. The van der Waals surface area contributed by atoms with Crippen molar-refractivity contribution in [1.82, 2.24) is 5.32 Å². The third-order valence-corrected chi connectivity index (χ3v) is 7.44. The second-order valence-corrected chi connectivity index (χ2v) is 12.4. The molecule has 38 heavy (non-hydrogen) atoms. The Kier molecular flexibility index (Phi) is 12.3. The van der Waals surface area contributed by atoms with Gasteiger partial charge < -0.3 is 19.5 Å². The smallest absolute Gasteiger partial charge is 0.408 e. The Hall–Kier alpha value is -2.38. The average molecular weight is 662 g/mol. The largest absolute Gasteiger partial charge is 0.491 e. The van der Waals surface area contributed by atoms with E-state index < -0.39 is 33.8 Å². The highest BCUT2D eigenvalue weighted by molar-refractivity contribution is 14.1. The minimum Gasteiger partial charge on any atom is -0.491 e. The van der Waals surface area contributed by atoms with Gasteiger partial charge in [0.25, 0.3) is 10.1 Å². The molecular formula is C27H36INO8S. The summed E-state index contributed by atoms with van der Waals surface area (Å²) in [6.45, 7) is 9.13. The molecule has 2 aromatic carbocycles. The van der Waals surface area contributed by atoms with E-state index in [2.05, 4.69) is 27.9 Å². The lowest BCUT2D eigenvalue weighted by Gasteiger charge is -2.23. The summed E-state index contributed by atoms with van der Waals surface area (Å²) < 4.78 is 47.0. The molecule has 1 N–H and O–H groups in total. The Morgan fingerprint density at radius 3 is 2.34 bits per heavy atom. The van der Waals surface area contributed by atoms with E-state index in [1.807, 2.05) is 19.9 Å². The summed E-state index contributed by atoms with van der Waals surface area (Å²) in [7, 11) is -3.89. The first kappa shape index (κ1) is 31.8. The Balaban J connectivity index is 2.04. The standard InChI is InChI=1S/C27H36INO8S/c1-6-7-14-35-25(30)24(29-26(31)37-27(3,4)5)18-20-17-21(10-13-23(20)28)34-15-16-36-38(32,33)22-11-8-19(2)9-12-22/h8-13,17,24H,6-7,14-16,18H2,1-5H3,(H,29,31). The summed E-state index contributed by atoms with van der Waals surface area (Å²) in [5.41, 5.74) is 0.960. The summed E-state index contributed by atoms with van der Waals surface area (Å²) in [6, 6.07) is 10.7.